The maximum atomic E-state index is 11.3. The Balaban J connectivity index is 2.27. The van der Waals surface area contributed by atoms with E-state index in [9.17, 15) is 4.79 Å². The number of fused-ring (bicyclic) bond motifs is 1. The summed E-state index contributed by atoms with van der Waals surface area (Å²) < 4.78 is 10.2. The summed E-state index contributed by atoms with van der Waals surface area (Å²) in [5.74, 6) is 0.707. The lowest BCUT2D eigenvalue weighted by Crippen LogP contribution is -2.19. The molecule has 1 aliphatic rings. The molecule has 1 amide bonds. The lowest BCUT2D eigenvalue weighted by Gasteiger charge is -2.19. The number of rotatable bonds is 3. The van der Waals surface area contributed by atoms with Crippen LogP contribution in [-0.2, 0) is 16.0 Å². The van der Waals surface area contributed by atoms with E-state index in [2.05, 4.69) is 5.32 Å². The Kier molecular flexibility index (Phi) is 2.87. The van der Waals surface area contributed by atoms with Crippen LogP contribution in [0.2, 0.25) is 0 Å². The number of amides is 1. The lowest BCUT2D eigenvalue weighted by atomic mass is 10.0. The fourth-order valence-corrected chi connectivity index (χ4v) is 1.62. The Morgan fingerprint density at radius 3 is 3.07 bits per heavy atom. The fraction of sp³-hybridized carbons (Fsp3) is 0.364. The SMILES string of the molecule is COCOc1cccc2c1NC(=O)CC2. The molecule has 4 heteroatoms. The molecule has 0 saturated heterocycles. The Hall–Kier alpha value is -1.55. The molecule has 4 nitrogen and oxygen atoms in total. The lowest BCUT2D eigenvalue weighted by molar-refractivity contribution is -0.116. The highest BCUT2D eigenvalue weighted by Crippen LogP contribution is 2.32. The van der Waals surface area contributed by atoms with Crippen LogP contribution in [0.5, 0.6) is 5.75 Å². The van der Waals surface area contributed by atoms with E-state index in [1.54, 1.807) is 7.11 Å². The van der Waals surface area contributed by atoms with Crippen molar-refractivity contribution < 1.29 is 14.3 Å². The highest BCUT2D eigenvalue weighted by Gasteiger charge is 2.18. The molecule has 15 heavy (non-hydrogen) atoms. The quantitative estimate of drug-likeness (QED) is 0.765. The summed E-state index contributed by atoms with van der Waals surface area (Å²) in [6, 6.07) is 5.74. The second kappa shape index (κ2) is 4.31. The van der Waals surface area contributed by atoms with E-state index < -0.39 is 0 Å². The second-order valence-electron chi connectivity index (χ2n) is 3.39. The topological polar surface area (TPSA) is 47.6 Å². The summed E-state index contributed by atoms with van der Waals surface area (Å²) in [5, 5.41) is 2.82. The van der Waals surface area contributed by atoms with Gasteiger partial charge in [-0.1, -0.05) is 12.1 Å². The maximum absolute atomic E-state index is 11.3. The van der Waals surface area contributed by atoms with Crippen LogP contribution in [0.15, 0.2) is 18.2 Å². The van der Waals surface area contributed by atoms with Gasteiger partial charge in [0.2, 0.25) is 5.91 Å². The van der Waals surface area contributed by atoms with Gasteiger partial charge in [0.05, 0.1) is 5.69 Å². The minimum Gasteiger partial charge on any atom is -0.465 e. The largest absolute Gasteiger partial charge is 0.465 e. The number of carbonyl (C=O) groups is 1. The minimum atomic E-state index is 0.0379. The zero-order valence-electron chi connectivity index (χ0n) is 8.58. The van der Waals surface area contributed by atoms with Crippen LogP contribution in [0.1, 0.15) is 12.0 Å². The molecule has 0 spiro atoms. The number of nitrogens with one attached hydrogen (secondary N) is 1. The number of carbonyl (C=O) groups excluding carboxylic acids is 1. The van der Waals surface area contributed by atoms with Gasteiger partial charge in [0.1, 0.15) is 5.75 Å². The number of anilines is 1. The molecular weight excluding hydrogens is 194 g/mol. The molecule has 80 valence electrons. The van der Waals surface area contributed by atoms with Gasteiger partial charge < -0.3 is 14.8 Å². The average molecular weight is 207 g/mol. The predicted octanol–water partition coefficient (Wildman–Crippen LogP) is 1.55. The second-order valence-corrected chi connectivity index (χ2v) is 3.39. The van der Waals surface area contributed by atoms with Gasteiger partial charge in [-0.05, 0) is 18.1 Å². The van der Waals surface area contributed by atoms with E-state index in [0.717, 1.165) is 17.7 Å². The van der Waals surface area contributed by atoms with Gasteiger partial charge in [0.15, 0.2) is 6.79 Å². The van der Waals surface area contributed by atoms with Crippen LogP contribution in [0.4, 0.5) is 5.69 Å². The zero-order valence-corrected chi connectivity index (χ0v) is 8.58. The Bertz CT molecular complexity index is 376. The fourth-order valence-electron chi connectivity index (χ4n) is 1.62. The van der Waals surface area contributed by atoms with Crippen molar-refractivity contribution in [1.82, 2.24) is 0 Å². The molecule has 0 atom stereocenters. The molecular formula is C11H13NO3. The molecule has 0 bridgehead atoms. The molecule has 1 heterocycles. The number of benzene rings is 1. The Morgan fingerprint density at radius 2 is 2.27 bits per heavy atom. The molecule has 1 N–H and O–H groups in total. The Morgan fingerprint density at radius 1 is 1.40 bits per heavy atom. The number of ether oxygens (including phenoxy) is 2. The third-order valence-electron chi connectivity index (χ3n) is 2.33. The van der Waals surface area contributed by atoms with Gasteiger partial charge in [-0.3, -0.25) is 4.79 Å². The summed E-state index contributed by atoms with van der Waals surface area (Å²) in [6.45, 7) is 0.187. The van der Waals surface area contributed by atoms with Crippen molar-refractivity contribution in [2.75, 3.05) is 19.2 Å². The first-order valence-electron chi connectivity index (χ1n) is 4.84. The van der Waals surface area contributed by atoms with Crippen molar-refractivity contribution in [2.24, 2.45) is 0 Å². The summed E-state index contributed by atoms with van der Waals surface area (Å²) >= 11 is 0. The van der Waals surface area contributed by atoms with Crippen molar-refractivity contribution >= 4 is 11.6 Å². The molecule has 0 unspecified atom stereocenters. The minimum absolute atomic E-state index is 0.0379. The first kappa shape index (κ1) is 9.98. The van der Waals surface area contributed by atoms with Crippen LogP contribution in [0, 0.1) is 0 Å². The van der Waals surface area contributed by atoms with E-state index in [-0.39, 0.29) is 12.7 Å². The van der Waals surface area contributed by atoms with E-state index in [0.29, 0.717) is 12.2 Å². The molecule has 0 radical (unpaired) electrons. The number of aryl methyl sites for hydroxylation is 1. The number of hydrogen-bond donors (Lipinski definition) is 1. The highest BCUT2D eigenvalue weighted by molar-refractivity contribution is 5.95. The van der Waals surface area contributed by atoms with Crippen LogP contribution in [0.3, 0.4) is 0 Å². The zero-order chi connectivity index (χ0) is 10.7. The molecule has 1 aromatic rings. The summed E-state index contributed by atoms with van der Waals surface area (Å²) in [6.07, 6.45) is 1.31. The van der Waals surface area contributed by atoms with E-state index in [4.69, 9.17) is 9.47 Å². The molecule has 2 rings (SSSR count). The summed E-state index contributed by atoms with van der Waals surface area (Å²) in [7, 11) is 1.56. The third-order valence-corrected chi connectivity index (χ3v) is 2.33. The van der Waals surface area contributed by atoms with Crippen LogP contribution in [-0.4, -0.2) is 19.8 Å². The molecule has 0 aromatic heterocycles. The van der Waals surface area contributed by atoms with Crippen molar-refractivity contribution in [1.29, 1.82) is 0 Å². The summed E-state index contributed by atoms with van der Waals surface area (Å²) in [5.41, 5.74) is 1.90. The van der Waals surface area contributed by atoms with Gasteiger partial charge in [-0.2, -0.15) is 0 Å². The van der Waals surface area contributed by atoms with Crippen LogP contribution < -0.4 is 10.1 Å². The highest BCUT2D eigenvalue weighted by atomic mass is 16.7. The molecule has 1 aromatic carbocycles. The molecule has 0 saturated carbocycles. The normalized spacial score (nSPS) is 14.3. The van der Waals surface area contributed by atoms with Crippen molar-refractivity contribution in [3.63, 3.8) is 0 Å². The van der Waals surface area contributed by atoms with Gasteiger partial charge in [-0.25, -0.2) is 0 Å². The average Bonchev–Trinajstić information content (AvgIpc) is 2.26. The maximum Gasteiger partial charge on any atom is 0.224 e. The van der Waals surface area contributed by atoms with Crippen LogP contribution >= 0.6 is 0 Å². The van der Waals surface area contributed by atoms with Gasteiger partial charge in [0, 0.05) is 13.5 Å². The van der Waals surface area contributed by atoms with E-state index in [1.807, 2.05) is 18.2 Å². The number of hydrogen-bond acceptors (Lipinski definition) is 3. The van der Waals surface area contributed by atoms with Crippen LogP contribution in [0.25, 0.3) is 0 Å². The molecule has 0 aliphatic carbocycles. The smallest absolute Gasteiger partial charge is 0.224 e. The number of para-hydroxylation sites is 1. The predicted molar refractivity (Wildman–Crippen MR) is 55.9 cm³/mol. The van der Waals surface area contributed by atoms with Crippen molar-refractivity contribution in [2.45, 2.75) is 12.8 Å². The van der Waals surface area contributed by atoms with Gasteiger partial charge in [0.25, 0.3) is 0 Å². The standard InChI is InChI=1S/C11H13NO3/c1-14-7-15-9-4-2-3-8-5-6-10(13)12-11(8)9/h2-4H,5-7H2,1H3,(H,12,13). The van der Waals surface area contributed by atoms with Crippen molar-refractivity contribution in [3.05, 3.63) is 23.8 Å². The van der Waals surface area contributed by atoms with Gasteiger partial charge >= 0.3 is 0 Å². The van der Waals surface area contributed by atoms with E-state index in [1.165, 1.54) is 0 Å². The first-order chi connectivity index (χ1) is 7.31. The van der Waals surface area contributed by atoms with Gasteiger partial charge in [-0.15, -0.1) is 0 Å². The summed E-state index contributed by atoms with van der Waals surface area (Å²) in [4.78, 5) is 11.3. The van der Waals surface area contributed by atoms with E-state index >= 15 is 0 Å². The number of methoxy groups -OCH3 is 1. The monoisotopic (exact) mass is 207 g/mol. The third kappa shape index (κ3) is 2.10. The molecule has 0 fully saturated rings. The molecule has 1 aliphatic heterocycles. The van der Waals surface area contributed by atoms with Crippen molar-refractivity contribution in [3.8, 4) is 5.75 Å². The Labute approximate surface area is 88.2 Å². The first-order valence-corrected chi connectivity index (χ1v) is 4.84.